The number of carbonyl (C=O) groups is 3. The highest BCUT2D eigenvalue weighted by atomic mass is 32.2. The van der Waals surface area contributed by atoms with Crippen molar-refractivity contribution in [2.24, 2.45) is 0 Å². The van der Waals surface area contributed by atoms with Gasteiger partial charge in [-0.3, -0.25) is 14.9 Å². The van der Waals surface area contributed by atoms with E-state index < -0.39 is 34.6 Å². The molecule has 31 heavy (non-hydrogen) atoms. The molecule has 0 saturated heterocycles. The highest BCUT2D eigenvalue weighted by Crippen LogP contribution is 2.32. The largest absolute Gasteiger partial charge is 0.486 e. The van der Waals surface area contributed by atoms with E-state index in [1.165, 1.54) is 12.1 Å². The van der Waals surface area contributed by atoms with Crippen LogP contribution < -0.4 is 19.5 Å². The number of alkyl carbamates (subject to hydrolysis) is 1. The fourth-order valence-electron chi connectivity index (χ4n) is 2.59. The Kier molecular flexibility index (Phi) is 9.53. The van der Waals surface area contributed by atoms with Crippen molar-refractivity contribution in [2.45, 2.75) is 37.5 Å². The number of rotatable bonds is 11. The maximum Gasteiger partial charge on any atom is 0.413 e. The lowest BCUT2D eigenvalue weighted by molar-refractivity contribution is -0.148. The van der Waals surface area contributed by atoms with Crippen LogP contribution in [0.1, 0.15) is 32.6 Å². The third-order valence-corrected chi connectivity index (χ3v) is 5.51. The summed E-state index contributed by atoms with van der Waals surface area (Å²) in [6.07, 6.45) is 0.724. The van der Waals surface area contributed by atoms with Crippen LogP contribution in [0.25, 0.3) is 0 Å². The summed E-state index contributed by atoms with van der Waals surface area (Å²) in [6.45, 7) is 2.12. The molecule has 2 amide bonds. The average molecular weight is 458 g/mol. The number of sulfonamides is 1. The van der Waals surface area contributed by atoms with E-state index in [0.717, 1.165) is 0 Å². The zero-order valence-electron chi connectivity index (χ0n) is 17.2. The van der Waals surface area contributed by atoms with Gasteiger partial charge >= 0.3 is 12.1 Å². The van der Waals surface area contributed by atoms with E-state index in [4.69, 9.17) is 14.2 Å². The average Bonchev–Trinajstić information content (AvgIpc) is 2.74. The predicted molar refractivity (Wildman–Crippen MR) is 107 cm³/mol. The van der Waals surface area contributed by atoms with E-state index in [1.807, 2.05) is 5.32 Å². The fraction of sp³-hybridized carbons (Fsp3) is 0.526. The molecule has 2 N–H and O–H groups in total. The molecule has 0 aliphatic carbocycles. The predicted octanol–water partition coefficient (Wildman–Crippen LogP) is 1.11. The van der Waals surface area contributed by atoms with Crippen LogP contribution in [0, 0.1) is 0 Å². The Bertz CT molecular complexity index is 886. The van der Waals surface area contributed by atoms with Gasteiger partial charge in [-0.25, -0.2) is 17.9 Å². The summed E-state index contributed by atoms with van der Waals surface area (Å²) in [5.74, 6) is -0.463. The van der Waals surface area contributed by atoms with Crippen LogP contribution in [0.2, 0.25) is 0 Å². The highest BCUT2D eigenvalue weighted by Gasteiger charge is 2.19. The number of unbranched alkanes of at least 4 members (excludes halogenated alkanes) is 2. The van der Waals surface area contributed by atoms with Crippen LogP contribution in [0.4, 0.5) is 4.79 Å². The van der Waals surface area contributed by atoms with E-state index in [9.17, 15) is 22.8 Å². The SMILES string of the molecule is CCOC(=O)NC(=O)COC(=O)CCCCCNS(=O)(=O)c1ccc2c(c1)OCCO2. The van der Waals surface area contributed by atoms with Crippen LogP contribution in [-0.4, -0.2) is 59.4 Å². The maximum absolute atomic E-state index is 12.4. The second-order valence-electron chi connectivity index (χ2n) is 6.44. The van der Waals surface area contributed by atoms with E-state index >= 15 is 0 Å². The van der Waals surface area contributed by atoms with Crippen molar-refractivity contribution in [2.75, 3.05) is 33.0 Å². The van der Waals surface area contributed by atoms with Gasteiger partial charge in [-0.05, 0) is 31.9 Å². The first-order valence-corrected chi connectivity index (χ1v) is 11.3. The molecule has 0 atom stereocenters. The number of amides is 2. The molecule has 2 rings (SSSR count). The molecule has 1 aliphatic rings. The Morgan fingerprint density at radius 3 is 2.52 bits per heavy atom. The molecule has 0 fully saturated rings. The minimum absolute atomic E-state index is 0.0710. The summed E-state index contributed by atoms with van der Waals surface area (Å²) < 4.78 is 47.3. The minimum Gasteiger partial charge on any atom is -0.486 e. The molecule has 1 heterocycles. The van der Waals surface area contributed by atoms with Crippen molar-refractivity contribution in [1.29, 1.82) is 0 Å². The van der Waals surface area contributed by atoms with Gasteiger partial charge in [0.05, 0.1) is 11.5 Å². The van der Waals surface area contributed by atoms with Crippen molar-refractivity contribution < 1.29 is 41.7 Å². The Hall–Kier alpha value is -2.86. The zero-order valence-corrected chi connectivity index (χ0v) is 18.0. The Labute approximate surface area is 180 Å². The molecule has 1 aliphatic heterocycles. The van der Waals surface area contributed by atoms with Gasteiger partial charge in [0.2, 0.25) is 10.0 Å². The first-order chi connectivity index (χ1) is 14.8. The molecular formula is C19H26N2O9S. The van der Waals surface area contributed by atoms with Gasteiger partial charge in [-0.1, -0.05) is 6.42 Å². The molecule has 0 bridgehead atoms. The van der Waals surface area contributed by atoms with Gasteiger partial charge in [0.25, 0.3) is 5.91 Å². The molecule has 12 heteroatoms. The summed E-state index contributed by atoms with van der Waals surface area (Å²) >= 11 is 0. The number of carbonyl (C=O) groups excluding carboxylic acids is 3. The molecule has 0 unspecified atom stereocenters. The van der Waals surface area contributed by atoms with Gasteiger partial charge < -0.3 is 18.9 Å². The fourth-order valence-corrected chi connectivity index (χ4v) is 3.68. The molecule has 1 aromatic rings. The second kappa shape index (κ2) is 12.1. The smallest absolute Gasteiger partial charge is 0.413 e. The monoisotopic (exact) mass is 458 g/mol. The van der Waals surface area contributed by atoms with Gasteiger partial charge in [-0.2, -0.15) is 0 Å². The summed E-state index contributed by atoms with van der Waals surface area (Å²) in [7, 11) is -3.69. The van der Waals surface area contributed by atoms with E-state index in [2.05, 4.69) is 9.46 Å². The third-order valence-electron chi connectivity index (χ3n) is 4.05. The first kappa shape index (κ1) is 24.4. The number of hydrogen-bond acceptors (Lipinski definition) is 9. The topological polar surface area (TPSA) is 146 Å². The normalized spacial score (nSPS) is 12.7. The van der Waals surface area contributed by atoms with Crippen molar-refractivity contribution in [1.82, 2.24) is 10.0 Å². The van der Waals surface area contributed by atoms with Gasteiger partial charge in [0, 0.05) is 19.0 Å². The second-order valence-corrected chi connectivity index (χ2v) is 8.21. The maximum atomic E-state index is 12.4. The number of ether oxygens (including phenoxy) is 4. The Balaban J connectivity index is 1.60. The highest BCUT2D eigenvalue weighted by molar-refractivity contribution is 7.89. The van der Waals surface area contributed by atoms with Crippen LogP contribution in [0.3, 0.4) is 0 Å². The van der Waals surface area contributed by atoms with Crippen LogP contribution in [-0.2, 0) is 29.1 Å². The number of imide groups is 1. The lowest BCUT2D eigenvalue weighted by Crippen LogP contribution is -2.34. The zero-order chi connectivity index (χ0) is 22.7. The van der Waals surface area contributed by atoms with Crippen LogP contribution >= 0.6 is 0 Å². The lowest BCUT2D eigenvalue weighted by Gasteiger charge is -2.18. The first-order valence-electron chi connectivity index (χ1n) is 9.83. The lowest BCUT2D eigenvalue weighted by atomic mass is 10.2. The van der Waals surface area contributed by atoms with Crippen molar-refractivity contribution in [3.63, 3.8) is 0 Å². The van der Waals surface area contributed by atoms with Gasteiger partial charge in [0.1, 0.15) is 13.2 Å². The molecule has 172 valence electrons. The molecule has 0 spiro atoms. The molecule has 0 saturated carbocycles. The molecule has 0 aromatic heterocycles. The van der Waals surface area contributed by atoms with Crippen molar-refractivity contribution in [3.8, 4) is 11.5 Å². The minimum atomic E-state index is -3.69. The Morgan fingerprint density at radius 1 is 1.03 bits per heavy atom. The summed E-state index contributed by atoms with van der Waals surface area (Å²) in [4.78, 5) is 34.1. The van der Waals surface area contributed by atoms with E-state index in [0.29, 0.717) is 44.0 Å². The number of nitrogens with one attached hydrogen (secondary N) is 2. The van der Waals surface area contributed by atoms with Crippen molar-refractivity contribution in [3.05, 3.63) is 18.2 Å². The standard InChI is InChI=1S/C19H26N2O9S/c1-2-27-19(24)21-17(22)13-30-18(23)6-4-3-5-9-20-31(25,26)14-7-8-15-16(12-14)29-11-10-28-15/h7-8,12,20H,2-6,9-11,13H2,1H3,(H,21,22,24). The van der Waals surface area contributed by atoms with Crippen LogP contribution in [0.5, 0.6) is 11.5 Å². The molecule has 1 aromatic carbocycles. The van der Waals surface area contributed by atoms with E-state index in [-0.39, 0.29) is 24.5 Å². The summed E-state index contributed by atoms with van der Waals surface area (Å²) in [5.41, 5.74) is 0. The summed E-state index contributed by atoms with van der Waals surface area (Å²) in [6, 6.07) is 4.43. The van der Waals surface area contributed by atoms with Crippen LogP contribution in [0.15, 0.2) is 23.1 Å². The van der Waals surface area contributed by atoms with E-state index in [1.54, 1.807) is 13.0 Å². The van der Waals surface area contributed by atoms with Crippen molar-refractivity contribution >= 4 is 28.0 Å². The Morgan fingerprint density at radius 2 is 1.77 bits per heavy atom. The number of benzene rings is 1. The van der Waals surface area contributed by atoms with Gasteiger partial charge in [0.15, 0.2) is 18.1 Å². The molecule has 11 nitrogen and oxygen atoms in total. The number of hydrogen-bond donors (Lipinski definition) is 2. The van der Waals surface area contributed by atoms with Gasteiger partial charge in [-0.15, -0.1) is 0 Å². The number of esters is 1. The molecule has 0 radical (unpaired) electrons. The molecular weight excluding hydrogens is 432 g/mol. The quantitative estimate of drug-likeness (QED) is 0.368. The third kappa shape index (κ3) is 8.42. The number of fused-ring (bicyclic) bond motifs is 1. The summed E-state index contributed by atoms with van der Waals surface area (Å²) in [5, 5.41) is 1.91.